The van der Waals surface area contributed by atoms with Crippen molar-refractivity contribution in [2.75, 3.05) is 12.4 Å². The molecule has 2 nitrogen and oxygen atoms in total. The molecule has 1 N–H and O–H groups in total. The fourth-order valence-corrected chi connectivity index (χ4v) is 1.41. The van der Waals surface area contributed by atoms with E-state index in [2.05, 4.69) is 23.5 Å². The van der Waals surface area contributed by atoms with E-state index in [1.54, 1.807) is 7.11 Å². The van der Waals surface area contributed by atoms with E-state index in [1.807, 2.05) is 6.07 Å². The largest absolute Gasteiger partial charge is 0.361 e. The fraction of sp³-hybridized carbons (Fsp3) is 0.333. The molecule has 0 saturated carbocycles. The molecule has 1 aliphatic rings. The molecule has 0 fully saturated rings. The minimum Gasteiger partial charge on any atom is -0.361 e. The van der Waals surface area contributed by atoms with Crippen LogP contribution >= 0.6 is 0 Å². The highest BCUT2D eigenvalue weighted by Gasteiger charge is 2.18. The molecule has 0 bridgehead atoms. The van der Waals surface area contributed by atoms with Gasteiger partial charge in [-0.3, -0.25) is 0 Å². The molecule has 1 aliphatic heterocycles. The summed E-state index contributed by atoms with van der Waals surface area (Å²) in [6.45, 7) is 0. The number of hydrogen-bond acceptors (Lipinski definition) is 2. The Bertz CT molecular complexity index is 234. The lowest BCUT2D eigenvalue weighted by Crippen LogP contribution is -2.16. The van der Waals surface area contributed by atoms with Crippen LogP contribution in [-0.4, -0.2) is 13.3 Å². The van der Waals surface area contributed by atoms with Gasteiger partial charge >= 0.3 is 0 Å². The van der Waals surface area contributed by atoms with Gasteiger partial charge < -0.3 is 10.1 Å². The summed E-state index contributed by atoms with van der Waals surface area (Å²) in [7, 11) is 1.73. The van der Waals surface area contributed by atoms with Gasteiger partial charge in [0.1, 0.15) is 6.23 Å². The average Bonchev–Trinajstić information content (AvgIpc) is 2.46. The first-order chi connectivity index (χ1) is 5.40. The number of nitrogens with one attached hydrogen (secondary N) is 1. The van der Waals surface area contributed by atoms with E-state index in [-0.39, 0.29) is 6.23 Å². The molecule has 0 aliphatic carbocycles. The number of anilines is 1. The van der Waals surface area contributed by atoms with Crippen molar-refractivity contribution in [3.05, 3.63) is 29.8 Å². The molecular weight excluding hydrogens is 138 g/mol. The molecule has 0 saturated heterocycles. The van der Waals surface area contributed by atoms with Crippen molar-refractivity contribution >= 4 is 5.69 Å². The van der Waals surface area contributed by atoms with E-state index in [1.165, 1.54) is 11.3 Å². The zero-order valence-electron chi connectivity index (χ0n) is 6.50. The van der Waals surface area contributed by atoms with E-state index in [0.717, 1.165) is 6.42 Å². The first kappa shape index (κ1) is 6.68. The number of rotatable bonds is 1. The van der Waals surface area contributed by atoms with Gasteiger partial charge in [-0.1, -0.05) is 18.2 Å². The van der Waals surface area contributed by atoms with Crippen LogP contribution in [0.15, 0.2) is 24.3 Å². The Labute approximate surface area is 66.2 Å². The molecule has 1 atom stereocenters. The minimum atomic E-state index is 0.174. The number of hydrogen-bond donors (Lipinski definition) is 1. The van der Waals surface area contributed by atoms with Gasteiger partial charge in [0.2, 0.25) is 0 Å². The molecule has 0 amide bonds. The van der Waals surface area contributed by atoms with Gasteiger partial charge in [0, 0.05) is 19.2 Å². The Hall–Kier alpha value is -1.02. The summed E-state index contributed by atoms with van der Waals surface area (Å²) in [6.07, 6.45) is 1.15. The van der Waals surface area contributed by atoms with Gasteiger partial charge in [0.25, 0.3) is 0 Å². The van der Waals surface area contributed by atoms with Crippen molar-refractivity contribution in [3.8, 4) is 0 Å². The summed E-state index contributed by atoms with van der Waals surface area (Å²) in [5.41, 5.74) is 2.55. The number of benzene rings is 1. The normalized spacial score (nSPS) is 21.0. The molecular formula is C9H11NO. The maximum atomic E-state index is 5.18. The standard InChI is InChI=1S/C9H11NO/c1-11-9-6-7-4-2-3-5-8(7)10-9/h2-5,9-10H,6H2,1H3. The quantitative estimate of drug-likeness (QED) is 0.655. The van der Waals surface area contributed by atoms with Crippen molar-refractivity contribution < 1.29 is 4.74 Å². The van der Waals surface area contributed by atoms with E-state index >= 15 is 0 Å². The SMILES string of the molecule is COC1Cc2ccccc2N1. The number of methoxy groups -OCH3 is 1. The summed E-state index contributed by atoms with van der Waals surface area (Å²) in [5.74, 6) is 0. The number of para-hydroxylation sites is 1. The number of ether oxygens (including phenoxy) is 1. The van der Waals surface area contributed by atoms with Gasteiger partial charge in [0.05, 0.1) is 0 Å². The Morgan fingerprint density at radius 2 is 2.27 bits per heavy atom. The van der Waals surface area contributed by atoms with Crippen LogP contribution in [0.3, 0.4) is 0 Å². The van der Waals surface area contributed by atoms with Gasteiger partial charge in [-0.15, -0.1) is 0 Å². The van der Waals surface area contributed by atoms with Crippen LogP contribution in [0, 0.1) is 0 Å². The van der Waals surface area contributed by atoms with Gasteiger partial charge in [-0.2, -0.15) is 0 Å². The second-order valence-corrected chi connectivity index (χ2v) is 2.73. The van der Waals surface area contributed by atoms with E-state index < -0.39 is 0 Å². The molecule has 1 unspecified atom stereocenters. The van der Waals surface area contributed by atoms with Crippen LogP contribution < -0.4 is 5.32 Å². The van der Waals surface area contributed by atoms with Gasteiger partial charge in [0.15, 0.2) is 0 Å². The molecule has 0 radical (unpaired) electrons. The Morgan fingerprint density at radius 1 is 1.45 bits per heavy atom. The lowest BCUT2D eigenvalue weighted by Gasteiger charge is -2.06. The molecule has 0 spiro atoms. The third kappa shape index (κ3) is 1.10. The maximum Gasteiger partial charge on any atom is 0.131 e. The highest BCUT2D eigenvalue weighted by molar-refractivity contribution is 5.55. The second kappa shape index (κ2) is 2.55. The summed E-state index contributed by atoms with van der Waals surface area (Å²) in [5, 5.41) is 3.26. The first-order valence-corrected chi connectivity index (χ1v) is 3.77. The average molecular weight is 149 g/mol. The molecule has 58 valence electrons. The van der Waals surface area contributed by atoms with Crippen LogP contribution in [0.25, 0.3) is 0 Å². The monoisotopic (exact) mass is 149 g/mol. The maximum absolute atomic E-state index is 5.18. The topological polar surface area (TPSA) is 21.3 Å². The van der Waals surface area contributed by atoms with E-state index in [4.69, 9.17) is 4.74 Å². The van der Waals surface area contributed by atoms with Crippen molar-refractivity contribution in [2.45, 2.75) is 12.6 Å². The van der Waals surface area contributed by atoms with E-state index in [9.17, 15) is 0 Å². The van der Waals surface area contributed by atoms with Crippen molar-refractivity contribution in [1.82, 2.24) is 0 Å². The van der Waals surface area contributed by atoms with Crippen molar-refractivity contribution in [1.29, 1.82) is 0 Å². The first-order valence-electron chi connectivity index (χ1n) is 3.77. The van der Waals surface area contributed by atoms with Gasteiger partial charge in [-0.25, -0.2) is 0 Å². The minimum absolute atomic E-state index is 0.174. The van der Waals surface area contributed by atoms with Crippen LogP contribution in [0.5, 0.6) is 0 Å². The lowest BCUT2D eigenvalue weighted by molar-refractivity contribution is 0.132. The predicted molar refractivity (Wildman–Crippen MR) is 44.6 cm³/mol. The zero-order chi connectivity index (χ0) is 7.68. The smallest absolute Gasteiger partial charge is 0.131 e. The highest BCUT2D eigenvalue weighted by Crippen LogP contribution is 2.24. The molecule has 2 rings (SSSR count). The molecule has 11 heavy (non-hydrogen) atoms. The van der Waals surface area contributed by atoms with Crippen molar-refractivity contribution in [3.63, 3.8) is 0 Å². The van der Waals surface area contributed by atoms with Gasteiger partial charge in [-0.05, 0) is 11.6 Å². The fourth-order valence-electron chi connectivity index (χ4n) is 1.41. The van der Waals surface area contributed by atoms with Crippen LogP contribution in [-0.2, 0) is 11.2 Å². The summed E-state index contributed by atoms with van der Waals surface area (Å²) in [4.78, 5) is 0. The zero-order valence-corrected chi connectivity index (χ0v) is 6.50. The Morgan fingerprint density at radius 3 is 3.00 bits per heavy atom. The molecule has 0 aromatic heterocycles. The van der Waals surface area contributed by atoms with Crippen LogP contribution in [0.1, 0.15) is 5.56 Å². The molecule has 1 aromatic carbocycles. The third-order valence-electron chi connectivity index (χ3n) is 2.02. The van der Waals surface area contributed by atoms with E-state index in [0.29, 0.717) is 0 Å². The lowest BCUT2D eigenvalue weighted by atomic mass is 10.2. The third-order valence-corrected chi connectivity index (χ3v) is 2.02. The van der Waals surface area contributed by atoms with Crippen molar-refractivity contribution in [2.24, 2.45) is 0 Å². The second-order valence-electron chi connectivity index (χ2n) is 2.73. The van der Waals surface area contributed by atoms with Crippen LogP contribution in [0.2, 0.25) is 0 Å². The summed E-state index contributed by atoms with van der Waals surface area (Å²) in [6, 6.07) is 8.29. The highest BCUT2D eigenvalue weighted by atomic mass is 16.5. The molecule has 1 heterocycles. The Kier molecular flexibility index (Phi) is 1.55. The molecule has 1 aromatic rings. The summed E-state index contributed by atoms with van der Waals surface area (Å²) >= 11 is 0. The Balaban J connectivity index is 2.27. The molecule has 2 heteroatoms. The summed E-state index contributed by atoms with van der Waals surface area (Å²) < 4.78 is 5.18. The van der Waals surface area contributed by atoms with Crippen LogP contribution in [0.4, 0.5) is 5.69 Å². The number of fused-ring (bicyclic) bond motifs is 1. The predicted octanol–water partition coefficient (Wildman–Crippen LogP) is 1.63.